The van der Waals surface area contributed by atoms with Crippen molar-refractivity contribution in [3.63, 3.8) is 0 Å². The molecule has 226 valence electrons. The average molecular weight is 602 g/mol. The van der Waals surface area contributed by atoms with Crippen LogP contribution in [-0.4, -0.2) is 48.9 Å². The van der Waals surface area contributed by atoms with Crippen LogP contribution < -0.4 is 0 Å². The molecule has 3 aromatic carbocycles. The van der Waals surface area contributed by atoms with Crippen molar-refractivity contribution in [1.29, 1.82) is 0 Å². The molecule has 1 saturated heterocycles. The lowest BCUT2D eigenvalue weighted by Crippen LogP contribution is -2.65. The lowest BCUT2D eigenvalue weighted by molar-refractivity contribution is -0.220. The summed E-state index contributed by atoms with van der Waals surface area (Å²) >= 11 is 0. The topological polar surface area (TPSA) is 56.0 Å². The maximum absolute atomic E-state index is 15.5. The molecule has 5 aromatic rings. The smallest absolute Gasteiger partial charge is 0.270 e. The van der Waals surface area contributed by atoms with Gasteiger partial charge in [-0.05, 0) is 67.9 Å². The van der Waals surface area contributed by atoms with Gasteiger partial charge in [0.1, 0.15) is 17.3 Å². The third kappa shape index (κ3) is 4.32. The third-order valence-electron chi connectivity index (χ3n) is 9.89. The van der Waals surface area contributed by atoms with Gasteiger partial charge < -0.3 is 9.47 Å². The minimum atomic E-state index is -3.03. The Hall–Kier alpha value is -4.21. The fourth-order valence-electron chi connectivity index (χ4n) is 7.78. The molecule has 0 unspecified atom stereocenters. The predicted molar refractivity (Wildman–Crippen MR) is 158 cm³/mol. The van der Waals surface area contributed by atoms with Crippen LogP contribution in [0.3, 0.4) is 0 Å². The number of piperidine rings is 1. The molecule has 2 aromatic heterocycles. The highest BCUT2D eigenvalue weighted by atomic mass is 19.3. The molecule has 4 aliphatic rings. The summed E-state index contributed by atoms with van der Waals surface area (Å²) in [6.07, 6.45) is 4.75. The van der Waals surface area contributed by atoms with Crippen LogP contribution in [0, 0.1) is 11.2 Å². The Morgan fingerprint density at radius 3 is 2.48 bits per heavy atom. The highest BCUT2D eigenvalue weighted by Crippen LogP contribution is 2.70. The summed E-state index contributed by atoms with van der Waals surface area (Å²) in [7, 11) is 0. The summed E-state index contributed by atoms with van der Waals surface area (Å²) in [4.78, 5) is 20.2. The van der Waals surface area contributed by atoms with Crippen molar-refractivity contribution in [1.82, 2.24) is 24.2 Å². The SMILES string of the molecule is CC(F)(F)c1cccc(-n2ncc3cc(C(=O)N4CCC(c5nc6ccccc6n5CC56CC(F)(C5)C6)CC4)c(F)cc32)c1. The standard InChI is InChI=1S/C34H31F4N5O/c1-32(36,37)23-5-4-6-24(14-23)43-29-15-26(35)25(13-22(29)16-39-43)31(44)41-11-9-21(10-12-41)30-40-27-7-2-3-8-28(27)42(30)20-33-17-34(38,18-33)19-33/h2-8,13-16,21H,9-12,17-20H2,1H3. The monoisotopic (exact) mass is 601 g/mol. The van der Waals surface area contributed by atoms with Gasteiger partial charge >= 0.3 is 0 Å². The fraction of sp³-hybridized carbons (Fsp3) is 0.382. The molecule has 1 aliphatic heterocycles. The van der Waals surface area contributed by atoms with Crippen LogP contribution in [0.15, 0.2) is 66.9 Å². The van der Waals surface area contributed by atoms with Gasteiger partial charge in [-0.1, -0.05) is 24.3 Å². The van der Waals surface area contributed by atoms with Gasteiger partial charge in [0.25, 0.3) is 11.8 Å². The Bertz CT molecular complexity index is 1930. The Labute approximate surface area is 251 Å². The second-order valence-corrected chi connectivity index (χ2v) is 13.2. The first-order valence-corrected chi connectivity index (χ1v) is 15.1. The van der Waals surface area contributed by atoms with Crippen molar-refractivity contribution in [2.24, 2.45) is 5.41 Å². The Kier molecular flexibility index (Phi) is 5.84. The number of nitrogens with zero attached hydrogens (tertiary/aromatic N) is 5. The number of carbonyl (C=O) groups excluding carboxylic acids is 1. The number of fused-ring (bicyclic) bond motifs is 2. The van der Waals surface area contributed by atoms with Crippen LogP contribution >= 0.6 is 0 Å². The van der Waals surface area contributed by atoms with Gasteiger partial charge in [-0.2, -0.15) is 5.10 Å². The van der Waals surface area contributed by atoms with Gasteiger partial charge in [-0.15, -0.1) is 0 Å². The number of hydrogen-bond acceptors (Lipinski definition) is 3. The van der Waals surface area contributed by atoms with E-state index in [4.69, 9.17) is 4.98 Å². The molecule has 3 aliphatic carbocycles. The summed E-state index contributed by atoms with van der Waals surface area (Å²) in [5, 5.41) is 4.84. The van der Waals surface area contributed by atoms with E-state index in [2.05, 4.69) is 15.7 Å². The van der Waals surface area contributed by atoms with Crippen LogP contribution in [0.4, 0.5) is 17.6 Å². The van der Waals surface area contributed by atoms with Crippen molar-refractivity contribution in [2.45, 2.75) is 63.1 Å². The molecule has 1 amide bonds. The highest BCUT2D eigenvalue weighted by Gasteiger charge is 2.69. The van der Waals surface area contributed by atoms with Gasteiger partial charge in [-0.25, -0.2) is 27.2 Å². The fourth-order valence-corrected chi connectivity index (χ4v) is 7.78. The Morgan fingerprint density at radius 2 is 1.75 bits per heavy atom. The van der Waals surface area contributed by atoms with Crippen LogP contribution in [0.5, 0.6) is 0 Å². The van der Waals surface area contributed by atoms with E-state index < -0.39 is 17.4 Å². The molecule has 9 rings (SSSR count). The number of rotatable bonds is 6. The van der Waals surface area contributed by atoms with E-state index in [-0.39, 0.29) is 28.4 Å². The van der Waals surface area contributed by atoms with Crippen LogP contribution in [0.25, 0.3) is 27.6 Å². The predicted octanol–water partition coefficient (Wildman–Crippen LogP) is 7.54. The molecule has 3 saturated carbocycles. The number of alkyl halides is 3. The van der Waals surface area contributed by atoms with Crippen molar-refractivity contribution < 1.29 is 22.4 Å². The summed E-state index contributed by atoms with van der Waals surface area (Å²) in [5.74, 6) is -2.98. The zero-order valence-electron chi connectivity index (χ0n) is 24.2. The largest absolute Gasteiger partial charge is 0.339 e. The molecule has 10 heteroatoms. The van der Waals surface area contributed by atoms with Crippen LogP contribution in [-0.2, 0) is 12.5 Å². The normalized spacial score (nSPS) is 23.6. The lowest BCUT2D eigenvalue weighted by Gasteiger charge is -2.66. The minimum absolute atomic E-state index is 0.0253. The zero-order valence-corrected chi connectivity index (χ0v) is 24.2. The second kappa shape index (κ2) is 9.39. The summed E-state index contributed by atoms with van der Waals surface area (Å²) in [5.41, 5.74) is 1.60. The molecule has 3 heterocycles. The molecule has 44 heavy (non-hydrogen) atoms. The van der Waals surface area contributed by atoms with E-state index in [1.54, 1.807) is 11.0 Å². The van der Waals surface area contributed by atoms with E-state index in [0.29, 0.717) is 61.8 Å². The number of halogens is 4. The molecule has 0 spiro atoms. The van der Waals surface area contributed by atoms with Crippen LogP contribution in [0.1, 0.15) is 66.7 Å². The number of aromatic nitrogens is 4. The molecule has 0 atom stereocenters. The first-order valence-electron chi connectivity index (χ1n) is 15.1. The van der Waals surface area contributed by atoms with Crippen molar-refractivity contribution >= 4 is 27.8 Å². The quantitative estimate of drug-likeness (QED) is 0.189. The van der Waals surface area contributed by atoms with Gasteiger partial charge in [0.2, 0.25) is 0 Å². The number of para-hydroxylation sites is 2. The Balaban J connectivity index is 1.02. The highest BCUT2D eigenvalue weighted by molar-refractivity contribution is 5.98. The number of imidazole rings is 1. The minimum Gasteiger partial charge on any atom is -0.339 e. The van der Waals surface area contributed by atoms with E-state index in [0.717, 1.165) is 30.3 Å². The molecule has 4 fully saturated rings. The molecular weight excluding hydrogens is 570 g/mol. The van der Waals surface area contributed by atoms with Gasteiger partial charge in [0, 0.05) is 49.5 Å². The average Bonchev–Trinajstić information content (AvgIpc) is 3.56. The van der Waals surface area contributed by atoms with E-state index >= 15 is 4.39 Å². The zero-order chi connectivity index (χ0) is 30.4. The third-order valence-corrected chi connectivity index (χ3v) is 9.89. The van der Waals surface area contributed by atoms with Gasteiger partial charge in [0.15, 0.2) is 0 Å². The van der Waals surface area contributed by atoms with E-state index in [1.807, 2.05) is 18.2 Å². The van der Waals surface area contributed by atoms with Crippen molar-refractivity contribution in [3.8, 4) is 5.69 Å². The van der Waals surface area contributed by atoms with E-state index in [9.17, 15) is 18.0 Å². The number of hydrogen-bond donors (Lipinski definition) is 0. The first kappa shape index (κ1) is 27.3. The lowest BCUT2D eigenvalue weighted by atomic mass is 9.42. The van der Waals surface area contributed by atoms with Gasteiger partial charge in [0.05, 0.1) is 34.0 Å². The maximum Gasteiger partial charge on any atom is 0.270 e. The molecule has 0 radical (unpaired) electrons. The number of carbonyl (C=O) groups is 1. The Morgan fingerprint density at radius 1 is 1.00 bits per heavy atom. The summed E-state index contributed by atoms with van der Waals surface area (Å²) in [6, 6.07) is 16.6. The summed E-state index contributed by atoms with van der Waals surface area (Å²) < 4.78 is 61.3. The number of amides is 1. The van der Waals surface area contributed by atoms with Crippen LogP contribution in [0.2, 0.25) is 0 Å². The molecule has 6 nitrogen and oxygen atoms in total. The van der Waals surface area contributed by atoms with Crippen molar-refractivity contribution in [3.05, 3.63) is 89.6 Å². The number of benzene rings is 3. The number of likely N-dealkylation sites (tertiary alicyclic amines) is 1. The van der Waals surface area contributed by atoms with Crippen molar-refractivity contribution in [2.75, 3.05) is 13.1 Å². The maximum atomic E-state index is 15.5. The second-order valence-electron chi connectivity index (χ2n) is 13.2. The van der Waals surface area contributed by atoms with E-state index in [1.165, 1.54) is 41.2 Å². The summed E-state index contributed by atoms with van der Waals surface area (Å²) in [6.45, 7) is 2.50. The molecular formula is C34H31F4N5O. The first-order chi connectivity index (χ1) is 21.0. The van der Waals surface area contributed by atoms with Gasteiger partial charge in [-0.3, -0.25) is 4.79 Å². The molecule has 0 N–H and O–H groups in total. The molecule has 2 bridgehead atoms.